The van der Waals surface area contributed by atoms with Crippen LogP contribution in [0, 0.1) is 0 Å². The molecule has 3 nitrogen and oxygen atoms in total. The molecule has 1 aromatic carbocycles. The van der Waals surface area contributed by atoms with Crippen molar-refractivity contribution >= 4 is 11.6 Å². The third kappa shape index (κ3) is 2.29. The van der Waals surface area contributed by atoms with E-state index in [-0.39, 0.29) is 5.91 Å². The number of carbonyl (C=O) groups excluding carboxylic acids is 1. The van der Waals surface area contributed by atoms with Crippen LogP contribution in [0.2, 0.25) is 0 Å². The lowest BCUT2D eigenvalue weighted by atomic mass is 10.2. The van der Waals surface area contributed by atoms with Gasteiger partial charge in [-0.2, -0.15) is 0 Å². The molecular formula is C10H14N2O. The molecule has 0 heterocycles. The zero-order chi connectivity index (χ0) is 9.84. The van der Waals surface area contributed by atoms with Gasteiger partial charge in [0.15, 0.2) is 0 Å². The van der Waals surface area contributed by atoms with Crippen LogP contribution in [0.4, 0.5) is 5.69 Å². The molecule has 0 aromatic heterocycles. The minimum absolute atomic E-state index is 0.0224. The number of hydrogen-bond acceptors (Lipinski definition) is 2. The number of rotatable bonds is 2. The minimum Gasteiger partial charge on any atom is -0.326 e. The average Bonchev–Trinajstić information content (AvgIpc) is 2.16. The van der Waals surface area contributed by atoms with Crippen molar-refractivity contribution in [1.29, 1.82) is 0 Å². The second-order valence-corrected chi connectivity index (χ2v) is 2.95. The number of hydrogen-bond donors (Lipinski definition) is 1. The Hall–Kier alpha value is -1.35. The summed E-state index contributed by atoms with van der Waals surface area (Å²) in [7, 11) is 1.75. The maximum atomic E-state index is 11.0. The van der Waals surface area contributed by atoms with Gasteiger partial charge in [0.25, 0.3) is 0 Å². The summed E-state index contributed by atoms with van der Waals surface area (Å²) in [6, 6.07) is 7.65. The minimum atomic E-state index is 0.0224. The number of nitrogens with two attached hydrogens (primary N) is 1. The largest absolute Gasteiger partial charge is 0.326 e. The lowest BCUT2D eigenvalue weighted by Gasteiger charge is -2.15. The van der Waals surface area contributed by atoms with Crippen molar-refractivity contribution in [2.45, 2.75) is 13.5 Å². The summed E-state index contributed by atoms with van der Waals surface area (Å²) in [6.45, 7) is 2.04. The molecule has 0 aliphatic rings. The Morgan fingerprint density at radius 2 is 2.23 bits per heavy atom. The van der Waals surface area contributed by atoms with E-state index in [0.717, 1.165) is 11.3 Å². The van der Waals surface area contributed by atoms with Crippen LogP contribution in [0.5, 0.6) is 0 Å². The van der Waals surface area contributed by atoms with Crippen molar-refractivity contribution in [2.75, 3.05) is 11.9 Å². The maximum absolute atomic E-state index is 11.0. The lowest BCUT2D eigenvalue weighted by molar-refractivity contribution is -0.116. The zero-order valence-electron chi connectivity index (χ0n) is 7.95. The third-order valence-corrected chi connectivity index (χ3v) is 2.01. The van der Waals surface area contributed by atoms with Gasteiger partial charge in [0.1, 0.15) is 0 Å². The maximum Gasteiger partial charge on any atom is 0.223 e. The van der Waals surface area contributed by atoms with Crippen LogP contribution in [-0.4, -0.2) is 13.0 Å². The fraction of sp³-hybridized carbons (Fsp3) is 0.300. The molecule has 2 N–H and O–H groups in total. The van der Waals surface area contributed by atoms with Crippen LogP contribution in [-0.2, 0) is 11.3 Å². The van der Waals surface area contributed by atoms with Gasteiger partial charge in [-0.1, -0.05) is 12.1 Å². The van der Waals surface area contributed by atoms with E-state index < -0.39 is 0 Å². The standard InChI is InChI=1S/C10H14N2O/c1-8(13)12(2)10-5-3-4-9(6-10)7-11/h3-6H,7,11H2,1-2H3. The van der Waals surface area contributed by atoms with Crippen LogP contribution in [0.25, 0.3) is 0 Å². The third-order valence-electron chi connectivity index (χ3n) is 2.01. The summed E-state index contributed by atoms with van der Waals surface area (Å²) in [5, 5.41) is 0. The highest BCUT2D eigenvalue weighted by atomic mass is 16.2. The molecule has 0 spiro atoms. The molecule has 3 heteroatoms. The van der Waals surface area contributed by atoms with Crippen molar-refractivity contribution in [3.05, 3.63) is 29.8 Å². The van der Waals surface area contributed by atoms with Gasteiger partial charge < -0.3 is 10.6 Å². The Morgan fingerprint density at radius 3 is 2.77 bits per heavy atom. The molecule has 0 saturated carbocycles. The van der Waals surface area contributed by atoms with Crippen LogP contribution >= 0.6 is 0 Å². The molecule has 1 amide bonds. The van der Waals surface area contributed by atoms with E-state index in [1.165, 1.54) is 6.92 Å². The predicted molar refractivity (Wildman–Crippen MR) is 53.4 cm³/mol. The van der Waals surface area contributed by atoms with Gasteiger partial charge in [0, 0.05) is 26.2 Å². The van der Waals surface area contributed by atoms with Crippen molar-refractivity contribution < 1.29 is 4.79 Å². The Labute approximate surface area is 78.2 Å². The van der Waals surface area contributed by atoms with Crippen LogP contribution < -0.4 is 10.6 Å². The van der Waals surface area contributed by atoms with E-state index in [4.69, 9.17) is 5.73 Å². The zero-order valence-corrected chi connectivity index (χ0v) is 7.95. The molecule has 0 saturated heterocycles. The van der Waals surface area contributed by atoms with Crippen molar-refractivity contribution in [2.24, 2.45) is 5.73 Å². The van der Waals surface area contributed by atoms with Gasteiger partial charge in [-0.3, -0.25) is 4.79 Å². The average molecular weight is 178 g/mol. The van der Waals surface area contributed by atoms with Gasteiger partial charge in [-0.05, 0) is 17.7 Å². The molecule has 0 fully saturated rings. The second-order valence-electron chi connectivity index (χ2n) is 2.95. The first-order chi connectivity index (χ1) is 6.15. The van der Waals surface area contributed by atoms with E-state index >= 15 is 0 Å². The number of carbonyl (C=O) groups is 1. The smallest absolute Gasteiger partial charge is 0.223 e. The molecular weight excluding hydrogens is 164 g/mol. The lowest BCUT2D eigenvalue weighted by Crippen LogP contribution is -2.22. The molecule has 70 valence electrons. The molecule has 0 aliphatic heterocycles. The Morgan fingerprint density at radius 1 is 1.54 bits per heavy atom. The first-order valence-electron chi connectivity index (χ1n) is 4.18. The number of anilines is 1. The first kappa shape index (κ1) is 9.74. The van der Waals surface area contributed by atoms with E-state index in [1.54, 1.807) is 11.9 Å². The monoisotopic (exact) mass is 178 g/mol. The van der Waals surface area contributed by atoms with E-state index in [9.17, 15) is 4.79 Å². The van der Waals surface area contributed by atoms with Crippen LogP contribution in [0.15, 0.2) is 24.3 Å². The first-order valence-corrected chi connectivity index (χ1v) is 4.18. The van der Waals surface area contributed by atoms with Gasteiger partial charge >= 0.3 is 0 Å². The topological polar surface area (TPSA) is 46.3 Å². The Kier molecular flexibility index (Phi) is 3.03. The quantitative estimate of drug-likeness (QED) is 0.737. The highest BCUT2D eigenvalue weighted by molar-refractivity contribution is 5.90. The molecule has 0 atom stereocenters. The SMILES string of the molecule is CC(=O)N(C)c1cccc(CN)c1. The van der Waals surface area contributed by atoms with Crippen molar-refractivity contribution in [3.63, 3.8) is 0 Å². The fourth-order valence-electron chi connectivity index (χ4n) is 1.07. The fourth-order valence-corrected chi connectivity index (χ4v) is 1.07. The summed E-state index contributed by atoms with van der Waals surface area (Å²) in [5.41, 5.74) is 7.41. The van der Waals surface area contributed by atoms with Gasteiger partial charge in [0.05, 0.1) is 0 Å². The molecule has 13 heavy (non-hydrogen) atoms. The summed E-state index contributed by atoms with van der Waals surface area (Å²) >= 11 is 0. The van der Waals surface area contributed by atoms with E-state index in [1.807, 2.05) is 24.3 Å². The normalized spacial score (nSPS) is 9.77. The number of benzene rings is 1. The summed E-state index contributed by atoms with van der Waals surface area (Å²) in [6.07, 6.45) is 0. The molecule has 0 radical (unpaired) electrons. The highest BCUT2D eigenvalue weighted by Gasteiger charge is 2.04. The summed E-state index contributed by atoms with van der Waals surface area (Å²) in [4.78, 5) is 12.6. The van der Waals surface area contributed by atoms with E-state index in [0.29, 0.717) is 6.54 Å². The van der Waals surface area contributed by atoms with Crippen molar-refractivity contribution in [1.82, 2.24) is 0 Å². The summed E-state index contributed by atoms with van der Waals surface area (Å²) < 4.78 is 0. The van der Waals surface area contributed by atoms with Gasteiger partial charge in [-0.25, -0.2) is 0 Å². The van der Waals surface area contributed by atoms with E-state index in [2.05, 4.69) is 0 Å². The molecule has 0 unspecified atom stereocenters. The van der Waals surface area contributed by atoms with Crippen LogP contribution in [0.1, 0.15) is 12.5 Å². The van der Waals surface area contributed by atoms with Gasteiger partial charge in [-0.15, -0.1) is 0 Å². The van der Waals surface area contributed by atoms with Crippen molar-refractivity contribution in [3.8, 4) is 0 Å². The molecule has 1 rings (SSSR count). The Balaban J connectivity index is 2.94. The Bertz CT molecular complexity index is 310. The molecule has 0 bridgehead atoms. The number of amides is 1. The predicted octanol–water partition coefficient (Wildman–Crippen LogP) is 1.13. The molecule has 0 aliphatic carbocycles. The molecule has 1 aromatic rings. The highest BCUT2D eigenvalue weighted by Crippen LogP contribution is 2.14. The van der Waals surface area contributed by atoms with Gasteiger partial charge in [0.2, 0.25) is 5.91 Å². The summed E-state index contributed by atoms with van der Waals surface area (Å²) in [5.74, 6) is 0.0224. The number of nitrogens with zero attached hydrogens (tertiary/aromatic N) is 1. The second kappa shape index (κ2) is 4.05. The van der Waals surface area contributed by atoms with Crippen LogP contribution in [0.3, 0.4) is 0 Å².